The third kappa shape index (κ3) is 5.32. The van der Waals surface area contributed by atoms with Crippen LogP contribution in [0, 0.1) is 0 Å². The molecule has 0 unspecified atom stereocenters. The summed E-state index contributed by atoms with van der Waals surface area (Å²) >= 11 is 0. The van der Waals surface area contributed by atoms with Gasteiger partial charge in [-0.25, -0.2) is 4.98 Å². The summed E-state index contributed by atoms with van der Waals surface area (Å²) in [4.78, 5) is 29.9. The number of para-hydroxylation sites is 1. The average Bonchev–Trinajstić information content (AvgIpc) is 2.87. The van der Waals surface area contributed by atoms with Crippen molar-refractivity contribution in [3.63, 3.8) is 0 Å². The lowest BCUT2D eigenvalue weighted by molar-refractivity contribution is 0.0952. The first kappa shape index (κ1) is 22.8. The summed E-state index contributed by atoms with van der Waals surface area (Å²) in [7, 11) is 1.61. The van der Waals surface area contributed by atoms with Gasteiger partial charge in [-0.15, -0.1) is 0 Å². The van der Waals surface area contributed by atoms with E-state index in [4.69, 9.17) is 9.72 Å². The van der Waals surface area contributed by atoms with Crippen LogP contribution in [0.1, 0.15) is 27.1 Å². The summed E-state index contributed by atoms with van der Waals surface area (Å²) in [6.45, 7) is 0.788. The van der Waals surface area contributed by atoms with Crippen molar-refractivity contribution in [2.24, 2.45) is 0 Å². The van der Waals surface area contributed by atoms with Gasteiger partial charge < -0.3 is 20.5 Å². The molecule has 4 rings (SSSR count). The van der Waals surface area contributed by atoms with Crippen molar-refractivity contribution in [3.8, 4) is 22.8 Å². The predicted molar refractivity (Wildman–Crippen MR) is 131 cm³/mol. The molecule has 0 aliphatic rings. The van der Waals surface area contributed by atoms with E-state index < -0.39 is 0 Å². The number of phenolic OH excluding ortho intramolecular Hbond substituents is 1. The van der Waals surface area contributed by atoms with E-state index in [0.29, 0.717) is 36.3 Å². The highest BCUT2D eigenvalue weighted by molar-refractivity contribution is 6.07. The molecule has 0 saturated carbocycles. The van der Waals surface area contributed by atoms with E-state index in [2.05, 4.69) is 10.6 Å². The van der Waals surface area contributed by atoms with Gasteiger partial charge in [0.1, 0.15) is 11.5 Å². The zero-order valence-electron chi connectivity index (χ0n) is 18.7. The Morgan fingerprint density at radius 3 is 2.35 bits per heavy atom. The van der Waals surface area contributed by atoms with Gasteiger partial charge in [0.05, 0.1) is 23.9 Å². The number of aromatic nitrogens is 1. The van der Waals surface area contributed by atoms with Crippen molar-refractivity contribution in [2.75, 3.05) is 20.2 Å². The number of rotatable bonds is 8. The van der Waals surface area contributed by atoms with E-state index >= 15 is 0 Å². The Labute approximate surface area is 197 Å². The number of nitrogens with zero attached hydrogens (tertiary/aromatic N) is 1. The molecule has 2 amide bonds. The summed E-state index contributed by atoms with van der Waals surface area (Å²) < 4.78 is 5.22. The molecule has 3 aromatic carbocycles. The van der Waals surface area contributed by atoms with Crippen LogP contribution < -0.4 is 15.4 Å². The number of hydrogen-bond donors (Lipinski definition) is 3. The highest BCUT2D eigenvalue weighted by atomic mass is 16.5. The molecule has 7 nitrogen and oxygen atoms in total. The van der Waals surface area contributed by atoms with Crippen LogP contribution in [0.3, 0.4) is 0 Å². The fourth-order valence-electron chi connectivity index (χ4n) is 3.61. The van der Waals surface area contributed by atoms with Gasteiger partial charge in [0.25, 0.3) is 11.8 Å². The first-order chi connectivity index (χ1) is 16.5. The lowest BCUT2D eigenvalue weighted by Crippen LogP contribution is -2.30. The van der Waals surface area contributed by atoms with Gasteiger partial charge in [0.15, 0.2) is 0 Å². The number of aromatic hydroxyl groups is 1. The summed E-state index contributed by atoms with van der Waals surface area (Å²) in [5.41, 5.74) is 3.25. The molecule has 1 aromatic heterocycles. The average molecular weight is 456 g/mol. The molecule has 0 saturated heterocycles. The molecule has 172 valence electrons. The summed E-state index contributed by atoms with van der Waals surface area (Å²) in [5, 5.41) is 16.0. The summed E-state index contributed by atoms with van der Waals surface area (Å²) in [6.07, 6.45) is 0.560. The number of nitrogens with one attached hydrogen (secondary N) is 2. The lowest BCUT2D eigenvalue weighted by atomic mass is 10.0. The third-order valence-corrected chi connectivity index (χ3v) is 5.38. The smallest absolute Gasteiger partial charge is 0.252 e. The maximum absolute atomic E-state index is 13.0. The van der Waals surface area contributed by atoms with Gasteiger partial charge in [0.2, 0.25) is 0 Å². The van der Waals surface area contributed by atoms with Crippen LogP contribution in [-0.2, 0) is 0 Å². The van der Waals surface area contributed by atoms with Gasteiger partial charge in [-0.1, -0.05) is 24.3 Å². The Morgan fingerprint density at radius 1 is 0.882 bits per heavy atom. The molecule has 0 bridgehead atoms. The number of pyridine rings is 1. The zero-order chi connectivity index (χ0) is 23.9. The minimum atomic E-state index is -0.272. The molecule has 0 aliphatic carbocycles. The Kier molecular flexibility index (Phi) is 7.03. The number of phenols is 1. The topological polar surface area (TPSA) is 101 Å². The van der Waals surface area contributed by atoms with Crippen LogP contribution in [0.5, 0.6) is 11.5 Å². The van der Waals surface area contributed by atoms with E-state index in [1.54, 1.807) is 25.3 Å². The van der Waals surface area contributed by atoms with Crippen molar-refractivity contribution in [1.82, 2.24) is 15.6 Å². The van der Waals surface area contributed by atoms with Crippen LogP contribution in [0.4, 0.5) is 0 Å². The van der Waals surface area contributed by atoms with Crippen LogP contribution in [-0.4, -0.2) is 42.1 Å². The molecule has 0 aliphatic heterocycles. The molecule has 3 N–H and O–H groups in total. The van der Waals surface area contributed by atoms with E-state index in [1.165, 1.54) is 12.1 Å². The molecule has 4 aromatic rings. The Morgan fingerprint density at radius 2 is 1.62 bits per heavy atom. The molecule has 34 heavy (non-hydrogen) atoms. The van der Waals surface area contributed by atoms with Gasteiger partial charge in [0, 0.05) is 29.6 Å². The van der Waals surface area contributed by atoms with Gasteiger partial charge >= 0.3 is 0 Å². The predicted octanol–water partition coefficient (Wildman–Crippen LogP) is 4.17. The van der Waals surface area contributed by atoms with Gasteiger partial charge in [-0.2, -0.15) is 0 Å². The van der Waals surface area contributed by atoms with E-state index in [9.17, 15) is 14.7 Å². The number of methoxy groups -OCH3 is 1. The standard InChI is InChI=1S/C27H25N3O4/c1-34-21-12-10-18(11-13-21)25-17-23(22-8-2-3-9-24(22)30-25)27(33)29-15-5-14-28-26(32)19-6-4-7-20(31)16-19/h2-4,6-13,16-17,31H,5,14-15H2,1H3,(H,28,32)(H,29,33). The second kappa shape index (κ2) is 10.5. The van der Waals surface area contributed by atoms with Crippen molar-refractivity contribution < 1.29 is 19.4 Å². The van der Waals surface area contributed by atoms with Gasteiger partial charge in [-0.05, 0) is 61.0 Å². The first-order valence-corrected chi connectivity index (χ1v) is 10.9. The lowest BCUT2D eigenvalue weighted by Gasteiger charge is -2.11. The SMILES string of the molecule is COc1ccc(-c2cc(C(=O)NCCCNC(=O)c3cccc(O)c3)c3ccccc3n2)cc1. The first-order valence-electron chi connectivity index (χ1n) is 10.9. The molecule has 0 radical (unpaired) electrons. The Hall–Kier alpha value is -4.39. The fourth-order valence-corrected chi connectivity index (χ4v) is 3.61. The minimum Gasteiger partial charge on any atom is -0.508 e. The highest BCUT2D eigenvalue weighted by Gasteiger charge is 2.14. The number of carbonyl (C=O) groups is 2. The Balaban J connectivity index is 1.41. The molecular formula is C27H25N3O4. The van der Waals surface area contributed by atoms with Crippen molar-refractivity contribution >= 4 is 22.7 Å². The molecule has 0 spiro atoms. The van der Waals surface area contributed by atoms with Crippen LogP contribution in [0.15, 0.2) is 78.9 Å². The van der Waals surface area contributed by atoms with Crippen LogP contribution >= 0.6 is 0 Å². The van der Waals surface area contributed by atoms with Crippen LogP contribution in [0.2, 0.25) is 0 Å². The highest BCUT2D eigenvalue weighted by Crippen LogP contribution is 2.26. The van der Waals surface area contributed by atoms with E-state index in [0.717, 1.165) is 22.2 Å². The summed E-state index contributed by atoms with van der Waals surface area (Å²) in [6, 6.07) is 23.0. The van der Waals surface area contributed by atoms with Crippen molar-refractivity contribution in [1.29, 1.82) is 0 Å². The molecule has 1 heterocycles. The Bertz CT molecular complexity index is 1320. The molecule has 0 atom stereocenters. The maximum Gasteiger partial charge on any atom is 0.252 e. The molecule has 7 heteroatoms. The van der Waals surface area contributed by atoms with Crippen molar-refractivity contribution in [2.45, 2.75) is 6.42 Å². The number of hydrogen-bond acceptors (Lipinski definition) is 5. The molecule has 0 fully saturated rings. The number of carbonyl (C=O) groups excluding carboxylic acids is 2. The second-order valence-corrected chi connectivity index (χ2v) is 7.72. The van der Waals surface area contributed by atoms with Gasteiger partial charge in [-0.3, -0.25) is 9.59 Å². The minimum absolute atomic E-state index is 0.0403. The van der Waals surface area contributed by atoms with Crippen molar-refractivity contribution in [3.05, 3.63) is 90.0 Å². The van der Waals surface area contributed by atoms with E-state index in [-0.39, 0.29) is 17.6 Å². The number of amides is 2. The normalized spacial score (nSPS) is 10.6. The number of fused-ring (bicyclic) bond motifs is 1. The number of ether oxygens (including phenoxy) is 1. The van der Waals surface area contributed by atoms with Crippen LogP contribution in [0.25, 0.3) is 22.2 Å². The second-order valence-electron chi connectivity index (χ2n) is 7.72. The fraction of sp³-hybridized carbons (Fsp3) is 0.148. The largest absolute Gasteiger partial charge is 0.508 e. The van der Waals surface area contributed by atoms with E-state index in [1.807, 2.05) is 48.5 Å². The zero-order valence-corrected chi connectivity index (χ0v) is 18.7. The maximum atomic E-state index is 13.0. The number of benzene rings is 3. The quantitative estimate of drug-likeness (QED) is 0.346. The molecular weight excluding hydrogens is 430 g/mol. The monoisotopic (exact) mass is 455 g/mol. The summed E-state index contributed by atoms with van der Waals surface area (Å²) in [5.74, 6) is 0.316. The third-order valence-electron chi connectivity index (χ3n) is 5.38.